The number of H-pyrrole nitrogens is 1. The highest BCUT2D eigenvalue weighted by atomic mass is 32.1. The summed E-state index contributed by atoms with van der Waals surface area (Å²) in [6, 6.07) is 11.2. The minimum absolute atomic E-state index is 0.646. The third kappa shape index (κ3) is 3.35. The number of nitrogens with one attached hydrogen (secondary N) is 1. The molecule has 0 aliphatic carbocycles. The number of aromatic nitrogens is 6. The van der Waals surface area contributed by atoms with Gasteiger partial charge >= 0.3 is 0 Å². The molecule has 0 radical (unpaired) electrons. The van der Waals surface area contributed by atoms with E-state index in [1.54, 1.807) is 23.9 Å². The summed E-state index contributed by atoms with van der Waals surface area (Å²) in [4.78, 5) is 8.40. The number of thiophene rings is 1. The van der Waals surface area contributed by atoms with Crippen LogP contribution in [0.25, 0.3) is 37.9 Å². The van der Waals surface area contributed by atoms with Gasteiger partial charge in [0.15, 0.2) is 5.82 Å². The summed E-state index contributed by atoms with van der Waals surface area (Å²) in [5.41, 5.74) is 6.19. The van der Waals surface area contributed by atoms with E-state index in [2.05, 4.69) is 75.8 Å². The zero-order valence-corrected chi connectivity index (χ0v) is 18.1. The maximum absolute atomic E-state index is 4.18. The zero-order valence-electron chi connectivity index (χ0n) is 17.3. The van der Waals surface area contributed by atoms with Gasteiger partial charge in [-0.25, -0.2) is 4.98 Å². The van der Waals surface area contributed by atoms with Crippen molar-refractivity contribution in [2.75, 3.05) is 0 Å². The first-order valence-electron chi connectivity index (χ1n) is 10.2. The maximum Gasteiger partial charge on any atom is 0.171 e. The van der Waals surface area contributed by atoms with Gasteiger partial charge < -0.3 is 14.1 Å². The van der Waals surface area contributed by atoms with Crippen LogP contribution in [0.5, 0.6) is 0 Å². The van der Waals surface area contributed by atoms with Gasteiger partial charge in [0.25, 0.3) is 0 Å². The molecule has 4 aromatic heterocycles. The maximum atomic E-state index is 4.18. The highest BCUT2D eigenvalue weighted by Crippen LogP contribution is 2.38. The molecule has 152 valence electrons. The van der Waals surface area contributed by atoms with E-state index in [0.29, 0.717) is 5.92 Å². The average Bonchev–Trinajstić information content (AvgIpc) is 3.50. The van der Waals surface area contributed by atoms with Gasteiger partial charge in [-0.3, -0.25) is 0 Å². The summed E-state index contributed by atoms with van der Waals surface area (Å²) in [7, 11) is 0. The second-order valence-electron chi connectivity index (χ2n) is 8.03. The number of imidazole rings is 1. The molecule has 1 aromatic carbocycles. The Kier molecular flexibility index (Phi) is 4.75. The standard InChI is InChI=1S/C23H24N6S/c1-15(2)6-8-29-19(11-21-20(29)12-22(30-21)23-25-13-26-27-23)18-5-4-17(10-16(18)3)28-9-7-24-14-28/h4-5,7,9-15H,6,8H2,1-3H3,(H,25,26,27). The fraction of sp³-hybridized carbons (Fsp3) is 0.261. The summed E-state index contributed by atoms with van der Waals surface area (Å²) in [5.74, 6) is 1.47. The molecule has 1 N–H and O–H groups in total. The van der Waals surface area contributed by atoms with Crippen LogP contribution in [-0.4, -0.2) is 29.3 Å². The van der Waals surface area contributed by atoms with E-state index in [1.807, 2.05) is 17.1 Å². The summed E-state index contributed by atoms with van der Waals surface area (Å²) < 4.78 is 5.78. The molecule has 0 aliphatic heterocycles. The molecular weight excluding hydrogens is 392 g/mol. The first kappa shape index (κ1) is 18.8. The van der Waals surface area contributed by atoms with Gasteiger partial charge in [0.2, 0.25) is 0 Å². The lowest BCUT2D eigenvalue weighted by molar-refractivity contribution is 0.526. The number of rotatable bonds is 6. The summed E-state index contributed by atoms with van der Waals surface area (Å²) in [5, 5.41) is 8.11. The van der Waals surface area contributed by atoms with E-state index in [-0.39, 0.29) is 0 Å². The molecule has 0 atom stereocenters. The zero-order chi connectivity index (χ0) is 20.7. The van der Waals surface area contributed by atoms with Crippen molar-refractivity contribution in [3.05, 3.63) is 60.9 Å². The van der Waals surface area contributed by atoms with Gasteiger partial charge in [-0.05, 0) is 49.1 Å². The van der Waals surface area contributed by atoms with E-state index in [1.165, 1.54) is 27.0 Å². The van der Waals surface area contributed by atoms with Crippen molar-refractivity contribution in [3.63, 3.8) is 0 Å². The minimum atomic E-state index is 0.646. The van der Waals surface area contributed by atoms with E-state index in [0.717, 1.165) is 29.4 Å². The van der Waals surface area contributed by atoms with E-state index in [4.69, 9.17) is 0 Å². The Bertz CT molecular complexity index is 1280. The number of nitrogens with zero attached hydrogens (tertiary/aromatic N) is 5. The Labute approximate surface area is 179 Å². The molecule has 6 nitrogen and oxygen atoms in total. The van der Waals surface area contributed by atoms with Gasteiger partial charge in [-0.15, -0.1) is 21.5 Å². The molecule has 4 heterocycles. The highest BCUT2D eigenvalue weighted by molar-refractivity contribution is 7.22. The van der Waals surface area contributed by atoms with Crippen LogP contribution >= 0.6 is 11.3 Å². The molecule has 5 rings (SSSR count). The summed E-state index contributed by atoms with van der Waals surface area (Å²) >= 11 is 1.76. The highest BCUT2D eigenvalue weighted by Gasteiger charge is 2.17. The van der Waals surface area contributed by atoms with Crippen LogP contribution in [0, 0.1) is 12.8 Å². The molecule has 7 heteroatoms. The van der Waals surface area contributed by atoms with Crippen molar-refractivity contribution in [1.82, 2.24) is 29.3 Å². The Morgan fingerprint density at radius 3 is 2.77 bits per heavy atom. The Hall–Kier alpha value is -3.19. The van der Waals surface area contributed by atoms with Crippen LogP contribution in [0.15, 0.2) is 55.4 Å². The van der Waals surface area contributed by atoms with Crippen molar-refractivity contribution < 1.29 is 0 Å². The van der Waals surface area contributed by atoms with Gasteiger partial charge in [0.1, 0.15) is 6.33 Å². The van der Waals surface area contributed by atoms with Crippen molar-refractivity contribution in [2.24, 2.45) is 5.92 Å². The van der Waals surface area contributed by atoms with Crippen molar-refractivity contribution in [2.45, 2.75) is 33.7 Å². The normalized spacial score (nSPS) is 11.7. The second kappa shape index (κ2) is 7.57. The number of benzene rings is 1. The fourth-order valence-electron chi connectivity index (χ4n) is 3.84. The monoisotopic (exact) mass is 416 g/mol. The van der Waals surface area contributed by atoms with Crippen LogP contribution in [0.4, 0.5) is 0 Å². The largest absolute Gasteiger partial charge is 0.340 e. The Morgan fingerprint density at radius 1 is 1.17 bits per heavy atom. The molecule has 30 heavy (non-hydrogen) atoms. The molecule has 0 amide bonds. The van der Waals surface area contributed by atoms with Crippen molar-refractivity contribution in [3.8, 4) is 27.6 Å². The summed E-state index contributed by atoms with van der Waals surface area (Å²) in [6.45, 7) is 7.73. The third-order valence-corrected chi connectivity index (χ3v) is 6.54. The van der Waals surface area contributed by atoms with Crippen LogP contribution in [0.2, 0.25) is 0 Å². The van der Waals surface area contributed by atoms with E-state index >= 15 is 0 Å². The molecule has 0 bridgehead atoms. The number of hydrogen-bond acceptors (Lipinski definition) is 4. The predicted octanol–water partition coefficient (Wildman–Crippen LogP) is 5.70. The number of aromatic amines is 1. The van der Waals surface area contributed by atoms with Gasteiger partial charge in [-0.1, -0.05) is 19.9 Å². The fourth-order valence-corrected chi connectivity index (χ4v) is 4.89. The van der Waals surface area contributed by atoms with Crippen LogP contribution < -0.4 is 0 Å². The van der Waals surface area contributed by atoms with Gasteiger partial charge in [0, 0.05) is 30.2 Å². The first-order chi connectivity index (χ1) is 14.6. The predicted molar refractivity (Wildman–Crippen MR) is 122 cm³/mol. The van der Waals surface area contributed by atoms with Crippen molar-refractivity contribution in [1.29, 1.82) is 0 Å². The SMILES string of the molecule is Cc1cc(-n2ccnc2)ccc1-c1cc2sc(-c3nnc[nH]3)cc2n1CCC(C)C. The second-order valence-corrected chi connectivity index (χ2v) is 9.11. The average molecular weight is 417 g/mol. The van der Waals surface area contributed by atoms with Crippen LogP contribution in [0.1, 0.15) is 25.8 Å². The van der Waals surface area contributed by atoms with Crippen LogP contribution in [0.3, 0.4) is 0 Å². The number of aryl methyl sites for hydroxylation is 2. The van der Waals surface area contributed by atoms with Gasteiger partial charge in [0.05, 0.1) is 27.1 Å². The van der Waals surface area contributed by atoms with Crippen LogP contribution in [-0.2, 0) is 6.54 Å². The molecule has 0 aliphatic rings. The molecule has 5 aromatic rings. The van der Waals surface area contributed by atoms with E-state index in [9.17, 15) is 0 Å². The molecule has 0 fully saturated rings. The molecule has 0 saturated carbocycles. The quantitative estimate of drug-likeness (QED) is 0.386. The molecule has 0 unspecified atom stereocenters. The number of fused-ring (bicyclic) bond motifs is 1. The number of hydrogen-bond donors (Lipinski definition) is 1. The smallest absolute Gasteiger partial charge is 0.171 e. The molecular formula is C23H24N6S. The van der Waals surface area contributed by atoms with Gasteiger partial charge in [-0.2, -0.15) is 0 Å². The lowest BCUT2D eigenvalue weighted by atomic mass is 10.0. The minimum Gasteiger partial charge on any atom is -0.340 e. The molecule has 0 saturated heterocycles. The Balaban J connectivity index is 1.61. The first-order valence-corrected chi connectivity index (χ1v) is 11.0. The summed E-state index contributed by atoms with van der Waals surface area (Å²) in [6.07, 6.45) is 8.38. The van der Waals surface area contributed by atoms with Crippen molar-refractivity contribution >= 4 is 21.6 Å². The Morgan fingerprint density at radius 2 is 2.07 bits per heavy atom. The topological polar surface area (TPSA) is 64.3 Å². The van der Waals surface area contributed by atoms with E-state index < -0.39 is 0 Å². The third-order valence-electron chi connectivity index (χ3n) is 5.46. The molecule has 0 spiro atoms. The lowest BCUT2D eigenvalue weighted by Gasteiger charge is -2.15. The lowest BCUT2D eigenvalue weighted by Crippen LogP contribution is -2.04.